The van der Waals surface area contributed by atoms with Gasteiger partial charge in [0.15, 0.2) is 0 Å². The van der Waals surface area contributed by atoms with Gasteiger partial charge in [-0.1, -0.05) is 32.0 Å². The van der Waals surface area contributed by atoms with Gasteiger partial charge >= 0.3 is 0 Å². The minimum Gasteiger partial charge on any atom is -0.343 e. The fourth-order valence-electron chi connectivity index (χ4n) is 2.51. The van der Waals surface area contributed by atoms with Gasteiger partial charge in [0.25, 0.3) is 0 Å². The third kappa shape index (κ3) is 3.58. The first-order valence-electron chi connectivity index (χ1n) is 7.19. The monoisotopic (exact) mass is 259 g/mol. The van der Waals surface area contributed by atoms with Crippen molar-refractivity contribution in [2.24, 2.45) is 5.92 Å². The summed E-state index contributed by atoms with van der Waals surface area (Å²) in [5, 5.41) is 1.33. The van der Waals surface area contributed by atoms with Gasteiger partial charge in [0.2, 0.25) is 0 Å². The van der Waals surface area contributed by atoms with Crippen molar-refractivity contribution in [1.82, 2.24) is 15.4 Å². The first-order chi connectivity index (χ1) is 9.22. The molecule has 2 rings (SSSR count). The number of hydrogen-bond acceptors (Lipinski definition) is 2. The fourth-order valence-corrected chi connectivity index (χ4v) is 2.51. The number of aryl methyl sites for hydroxylation is 1. The molecule has 0 unspecified atom stereocenters. The molecule has 0 fully saturated rings. The van der Waals surface area contributed by atoms with Crippen molar-refractivity contribution in [2.75, 3.05) is 7.05 Å². The van der Waals surface area contributed by atoms with Crippen LogP contribution in [0.2, 0.25) is 0 Å². The molecule has 2 N–H and O–H groups in total. The quantitative estimate of drug-likeness (QED) is 0.747. The molecule has 0 atom stereocenters. The number of nitrogens with zero attached hydrogens (tertiary/aromatic N) is 1. The SMILES string of the molecule is CNNCc1cc2ccccc2n1CCCC(C)C. The zero-order valence-corrected chi connectivity index (χ0v) is 12.2. The molecule has 0 radical (unpaired) electrons. The minimum atomic E-state index is 0.778. The van der Waals surface area contributed by atoms with E-state index in [-0.39, 0.29) is 0 Å². The van der Waals surface area contributed by atoms with E-state index < -0.39 is 0 Å². The second-order valence-corrected chi connectivity index (χ2v) is 5.49. The summed E-state index contributed by atoms with van der Waals surface area (Å²) in [5.74, 6) is 0.778. The summed E-state index contributed by atoms with van der Waals surface area (Å²) in [5.41, 5.74) is 8.89. The molecule has 1 aromatic heterocycles. The zero-order valence-electron chi connectivity index (χ0n) is 12.2. The topological polar surface area (TPSA) is 29.0 Å². The smallest absolute Gasteiger partial charge is 0.0504 e. The molecular weight excluding hydrogens is 234 g/mol. The highest BCUT2D eigenvalue weighted by atomic mass is 15.3. The Hall–Kier alpha value is -1.32. The van der Waals surface area contributed by atoms with E-state index in [1.165, 1.54) is 29.4 Å². The van der Waals surface area contributed by atoms with E-state index in [2.05, 4.69) is 59.6 Å². The molecule has 104 valence electrons. The average Bonchev–Trinajstić information content (AvgIpc) is 2.74. The number of para-hydroxylation sites is 1. The normalized spacial score (nSPS) is 11.6. The predicted molar refractivity (Wildman–Crippen MR) is 81.9 cm³/mol. The maximum absolute atomic E-state index is 3.19. The van der Waals surface area contributed by atoms with Crippen molar-refractivity contribution in [1.29, 1.82) is 0 Å². The van der Waals surface area contributed by atoms with Crippen LogP contribution in [0.3, 0.4) is 0 Å². The lowest BCUT2D eigenvalue weighted by atomic mass is 10.1. The van der Waals surface area contributed by atoms with Gasteiger partial charge in [0.1, 0.15) is 0 Å². The number of aromatic nitrogens is 1. The van der Waals surface area contributed by atoms with Crippen molar-refractivity contribution in [3.63, 3.8) is 0 Å². The van der Waals surface area contributed by atoms with Crippen LogP contribution in [0.1, 0.15) is 32.4 Å². The molecule has 2 aromatic rings. The molecule has 0 aliphatic heterocycles. The number of nitrogens with one attached hydrogen (secondary N) is 2. The Kier molecular flexibility index (Phi) is 5.00. The van der Waals surface area contributed by atoms with Crippen LogP contribution in [-0.2, 0) is 13.1 Å². The van der Waals surface area contributed by atoms with Crippen LogP contribution in [0.15, 0.2) is 30.3 Å². The summed E-state index contributed by atoms with van der Waals surface area (Å²) in [6.07, 6.45) is 2.52. The van der Waals surface area contributed by atoms with Gasteiger partial charge in [0, 0.05) is 17.8 Å². The molecule has 3 nitrogen and oxygen atoms in total. The highest BCUT2D eigenvalue weighted by Gasteiger charge is 2.08. The molecule has 1 aromatic carbocycles. The minimum absolute atomic E-state index is 0.778. The highest BCUT2D eigenvalue weighted by Crippen LogP contribution is 2.21. The largest absolute Gasteiger partial charge is 0.343 e. The molecule has 0 aliphatic carbocycles. The Morgan fingerprint density at radius 1 is 1.21 bits per heavy atom. The number of rotatable bonds is 7. The number of benzene rings is 1. The van der Waals surface area contributed by atoms with Gasteiger partial charge in [-0.3, -0.25) is 10.9 Å². The Balaban J connectivity index is 2.21. The van der Waals surface area contributed by atoms with Gasteiger partial charge in [-0.05, 0) is 43.3 Å². The van der Waals surface area contributed by atoms with Crippen LogP contribution >= 0.6 is 0 Å². The number of hydrazine groups is 1. The molecule has 0 spiro atoms. The molecule has 0 bridgehead atoms. The van der Waals surface area contributed by atoms with E-state index in [9.17, 15) is 0 Å². The maximum Gasteiger partial charge on any atom is 0.0504 e. The van der Waals surface area contributed by atoms with E-state index >= 15 is 0 Å². The second-order valence-electron chi connectivity index (χ2n) is 5.49. The average molecular weight is 259 g/mol. The Morgan fingerprint density at radius 3 is 2.74 bits per heavy atom. The van der Waals surface area contributed by atoms with E-state index in [1.807, 2.05) is 7.05 Å². The van der Waals surface area contributed by atoms with Gasteiger partial charge in [-0.15, -0.1) is 0 Å². The molecule has 0 amide bonds. The Bertz CT molecular complexity index is 514. The van der Waals surface area contributed by atoms with E-state index in [4.69, 9.17) is 0 Å². The van der Waals surface area contributed by atoms with Crippen molar-refractivity contribution < 1.29 is 0 Å². The Labute approximate surface area is 116 Å². The van der Waals surface area contributed by atoms with Crippen molar-refractivity contribution in [3.05, 3.63) is 36.0 Å². The molecule has 3 heteroatoms. The summed E-state index contributed by atoms with van der Waals surface area (Å²) in [7, 11) is 1.91. The lowest BCUT2D eigenvalue weighted by molar-refractivity contribution is 0.500. The molecule has 0 saturated heterocycles. The van der Waals surface area contributed by atoms with Crippen molar-refractivity contribution >= 4 is 10.9 Å². The standard InChI is InChI=1S/C16H25N3/c1-13(2)7-6-10-19-15(12-18-17-3)11-14-8-4-5-9-16(14)19/h4-5,8-9,11,13,17-18H,6-7,10,12H2,1-3H3. The lowest BCUT2D eigenvalue weighted by Crippen LogP contribution is -2.27. The van der Waals surface area contributed by atoms with Gasteiger partial charge in [-0.2, -0.15) is 0 Å². The fraction of sp³-hybridized carbons (Fsp3) is 0.500. The van der Waals surface area contributed by atoms with Crippen LogP contribution in [0.4, 0.5) is 0 Å². The van der Waals surface area contributed by atoms with Crippen molar-refractivity contribution in [3.8, 4) is 0 Å². The molecule has 0 aliphatic rings. The second kappa shape index (κ2) is 6.73. The highest BCUT2D eigenvalue weighted by molar-refractivity contribution is 5.81. The Morgan fingerprint density at radius 2 is 2.00 bits per heavy atom. The van der Waals surface area contributed by atoms with Crippen LogP contribution < -0.4 is 10.9 Å². The third-order valence-corrected chi connectivity index (χ3v) is 3.51. The van der Waals surface area contributed by atoms with Crippen LogP contribution in [0.5, 0.6) is 0 Å². The molecule has 1 heterocycles. The van der Waals surface area contributed by atoms with E-state index in [1.54, 1.807) is 0 Å². The van der Waals surface area contributed by atoms with Gasteiger partial charge in [-0.25, -0.2) is 0 Å². The predicted octanol–water partition coefficient (Wildman–Crippen LogP) is 3.30. The first kappa shape index (κ1) is 14.1. The van der Waals surface area contributed by atoms with Gasteiger partial charge < -0.3 is 4.57 Å². The van der Waals surface area contributed by atoms with E-state index in [0.717, 1.165) is 19.0 Å². The summed E-state index contributed by atoms with van der Waals surface area (Å²) < 4.78 is 2.45. The van der Waals surface area contributed by atoms with Gasteiger partial charge in [0.05, 0.1) is 6.54 Å². The van der Waals surface area contributed by atoms with Crippen LogP contribution in [-0.4, -0.2) is 11.6 Å². The maximum atomic E-state index is 3.19. The van der Waals surface area contributed by atoms with Crippen molar-refractivity contribution in [2.45, 2.75) is 39.8 Å². The summed E-state index contributed by atoms with van der Waals surface area (Å²) >= 11 is 0. The summed E-state index contributed by atoms with van der Waals surface area (Å²) in [6, 6.07) is 10.9. The van der Waals surface area contributed by atoms with Crippen LogP contribution in [0.25, 0.3) is 10.9 Å². The number of hydrogen-bond donors (Lipinski definition) is 2. The van der Waals surface area contributed by atoms with E-state index in [0.29, 0.717) is 0 Å². The first-order valence-corrected chi connectivity index (χ1v) is 7.19. The summed E-state index contributed by atoms with van der Waals surface area (Å²) in [6.45, 7) is 6.54. The molecule has 0 saturated carbocycles. The summed E-state index contributed by atoms with van der Waals surface area (Å²) in [4.78, 5) is 0. The molecular formula is C16H25N3. The zero-order chi connectivity index (χ0) is 13.7. The molecule has 19 heavy (non-hydrogen) atoms. The third-order valence-electron chi connectivity index (χ3n) is 3.51. The number of fused-ring (bicyclic) bond motifs is 1. The lowest BCUT2D eigenvalue weighted by Gasteiger charge is -2.12. The van der Waals surface area contributed by atoms with Crippen LogP contribution in [0, 0.1) is 5.92 Å².